The predicted molar refractivity (Wildman–Crippen MR) is 75.9 cm³/mol. The van der Waals surface area contributed by atoms with Gasteiger partial charge < -0.3 is 10.1 Å². The SMILES string of the molecule is CC1Cc2cc(C=NN=C3NC(=O)CS3)ccc2O1. The van der Waals surface area contributed by atoms with Crippen molar-refractivity contribution in [2.45, 2.75) is 19.4 Å². The largest absolute Gasteiger partial charge is 0.490 e. The van der Waals surface area contributed by atoms with Gasteiger partial charge in [0.1, 0.15) is 11.9 Å². The molecule has 0 aromatic heterocycles. The number of carbonyl (C=O) groups is 1. The third kappa shape index (κ3) is 2.78. The maximum Gasteiger partial charge on any atom is 0.236 e. The summed E-state index contributed by atoms with van der Waals surface area (Å²) in [7, 11) is 0. The number of ether oxygens (including phenoxy) is 1. The van der Waals surface area contributed by atoms with Gasteiger partial charge in [-0.3, -0.25) is 4.79 Å². The van der Waals surface area contributed by atoms with Crippen LogP contribution in [0.5, 0.6) is 5.75 Å². The van der Waals surface area contributed by atoms with Gasteiger partial charge in [0.25, 0.3) is 0 Å². The molecule has 3 rings (SSSR count). The number of hydrogen-bond acceptors (Lipinski definition) is 5. The number of benzene rings is 1. The van der Waals surface area contributed by atoms with Gasteiger partial charge in [0.05, 0.1) is 12.0 Å². The Kier molecular flexibility index (Phi) is 3.25. The molecule has 1 atom stereocenters. The molecular formula is C13H13N3O2S. The number of nitrogens with zero attached hydrogens (tertiary/aromatic N) is 2. The number of carbonyl (C=O) groups excluding carboxylic acids is 1. The fraction of sp³-hybridized carbons (Fsp3) is 0.308. The summed E-state index contributed by atoms with van der Waals surface area (Å²) in [5.41, 5.74) is 2.18. The van der Waals surface area contributed by atoms with Crippen molar-refractivity contribution < 1.29 is 9.53 Å². The summed E-state index contributed by atoms with van der Waals surface area (Å²) in [6.07, 6.45) is 2.85. The van der Waals surface area contributed by atoms with E-state index in [1.54, 1.807) is 6.21 Å². The van der Waals surface area contributed by atoms with E-state index in [2.05, 4.69) is 28.5 Å². The minimum Gasteiger partial charge on any atom is -0.490 e. The molecule has 1 amide bonds. The molecule has 0 saturated carbocycles. The molecule has 0 spiro atoms. The molecule has 1 aromatic rings. The van der Waals surface area contributed by atoms with Gasteiger partial charge in [0.15, 0.2) is 5.17 Å². The van der Waals surface area contributed by atoms with E-state index in [0.717, 1.165) is 17.7 Å². The van der Waals surface area contributed by atoms with Gasteiger partial charge in [-0.05, 0) is 36.2 Å². The monoisotopic (exact) mass is 275 g/mol. The minimum atomic E-state index is -0.0254. The first-order chi connectivity index (χ1) is 9.20. The summed E-state index contributed by atoms with van der Waals surface area (Å²) in [4.78, 5) is 11.0. The first kappa shape index (κ1) is 12.2. The van der Waals surface area contributed by atoms with Crippen molar-refractivity contribution >= 4 is 29.1 Å². The third-order valence-corrected chi connectivity index (χ3v) is 3.73. The van der Waals surface area contributed by atoms with Crippen LogP contribution in [0, 0.1) is 0 Å². The summed E-state index contributed by atoms with van der Waals surface area (Å²) in [5.74, 6) is 1.35. The highest BCUT2D eigenvalue weighted by Gasteiger charge is 2.18. The fourth-order valence-electron chi connectivity index (χ4n) is 2.05. The second-order valence-electron chi connectivity index (χ2n) is 4.49. The smallest absolute Gasteiger partial charge is 0.236 e. The molecule has 5 nitrogen and oxygen atoms in total. The van der Waals surface area contributed by atoms with E-state index in [1.165, 1.54) is 17.3 Å². The maximum atomic E-state index is 11.0. The summed E-state index contributed by atoms with van der Waals surface area (Å²) in [6.45, 7) is 2.06. The van der Waals surface area contributed by atoms with E-state index in [-0.39, 0.29) is 12.0 Å². The Morgan fingerprint density at radius 1 is 1.53 bits per heavy atom. The van der Waals surface area contributed by atoms with Crippen molar-refractivity contribution in [2.24, 2.45) is 10.2 Å². The first-order valence-corrected chi connectivity index (χ1v) is 7.02. The molecule has 98 valence electrons. The summed E-state index contributed by atoms with van der Waals surface area (Å²) in [6, 6.07) is 5.96. The Morgan fingerprint density at radius 3 is 3.21 bits per heavy atom. The summed E-state index contributed by atoms with van der Waals surface area (Å²) >= 11 is 1.36. The van der Waals surface area contributed by atoms with Crippen LogP contribution in [0.3, 0.4) is 0 Å². The molecular weight excluding hydrogens is 262 g/mol. The Labute approximate surface area is 115 Å². The zero-order chi connectivity index (χ0) is 13.2. The number of thioether (sulfide) groups is 1. The average molecular weight is 275 g/mol. The number of nitrogens with one attached hydrogen (secondary N) is 1. The molecule has 0 aliphatic carbocycles. The van der Waals surface area contributed by atoms with Crippen molar-refractivity contribution in [2.75, 3.05) is 5.75 Å². The van der Waals surface area contributed by atoms with Gasteiger partial charge in [0.2, 0.25) is 5.91 Å². The van der Waals surface area contributed by atoms with Crippen LogP contribution in [0.1, 0.15) is 18.1 Å². The molecule has 0 bridgehead atoms. The predicted octanol–water partition coefficient (Wildman–Crippen LogP) is 1.56. The first-order valence-electron chi connectivity index (χ1n) is 6.04. The number of rotatable bonds is 2. The fourth-order valence-corrected chi connectivity index (χ4v) is 2.68. The zero-order valence-electron chi connectivity index (χ0n) is 10.4. The van der Waals surface area contributed by atoms with Gasteiger partial charge in [-0.25, -0.2) is 0 Å². The van der Waals surface area contributed by atoms with Crippen LogP contribution in [0.25, 0.3) is 0 Å². The van der Waals surface area contributed by atoms with E-state index in [1.807, 2.05) is 12.1 Å². The van der Waals surface area contributed by atoms with Crippen LogP contribution in [0.4, 0.5) is 0 Å². The van der Waals surface area contributed by atoms with Gasteiger partial charge in [0, 0.05) is 6.42 Å². The van der Waals surface area contributed by atoms with Gasteiger partial charge in [-0.1, -0.05) is 11.8 Å². The molecule has 19 heavy (non-hydrogen) atoms. The molecule has 1 N–H and O–H groups in total. The maximum absolute atomic E-state index is 11.0. The lowest BCUT2D eigenvalue weighted by Crippen LogP contribution is -2.19. The Morgan fingerprint density at radius 2 is 2.42 bits per heavy atom. The van der Waals surface area contributed by atoms with Crippen molar-refractivity contribution in [1.82, 2.24) is 5.32 Å². The van der Waals surface area contributed by atoms with Gasteiger partial charge in [-0.2, -0.15) is 5.10 Å². The van der Waals surface area contributed by atoms with Crippen molar-refractivity contribution in [3.63, 3.8) is 0 Å². The molecule has 1 aromatic carbocycles. The molecule has 2 heterocycles. The number of amides is 1. The molecule has 1 saturated heterocycles. The van der Waals surface area contributed by atoms with E-state index in [0.29, 0.717) is 10.9 Å². The van der Waals surface area contributed by atoms with Crippen LogP contribution >= 0.6 is 11.8 Å². The Balaban J connectivity index is 1.71. The van der Waals surface area contributed by atoms with Crippen LogP contribution < -0.4 is 10.1 Å². The molecule has 6 heteroatoms. The lowest BCUT2D eigenvalue weighted by Gasteiger charge is -2.01. The van der Waals surface area contributed by atoms with Crippen molar-refractivity contribution in [1.29, 1.82) is 0 Å². The van der Waals surface area contributed by atoms with Crippen molar-refractivity contribution in [3.05, 3.63) is 29.3 Å². The van der Waals surface area contributed by atoms with E-state index >= 15 is 0 Å². The van der Waals surface area contributed by atoms with Crippen LogP contribution in [0.15, 0.2) is 28.4 Å². The third-order valence-electron chi connectivity index (χ3n) is 2.86. The van der Waals surface area contributed by atoms with Crippen LogP contribution in [-0.4, -0.2) is 29.1 Å². The summed E-state index contributed by atoms with van der Waals surface area (Å²) in [5, 5.41) is 11.1. The van der Waals surface area contributed by atoms with E-state index in [9.17, 15) is 4.79 Å². The molecule has 1 unspecified atom stereocenters. The number of fused-ring (bicyclic) bond motifs is 1. The van der Waals surface area contributed by atoms with E-state index < -0.39 is 0 Å². The Hall–Kier alpha value is -1.82. The van der Waals surface area contributed by atoms with Crippen molar-refractivity contribution in [3.8, 4) is 5.75 Å². The minimum absolute atomic E-state index is 0.0254. The number of amidine groups is 1. The van der Waals surface area contributed by atoms with E-state index in [4.69, 9.17) is 4.74 Å². The van der Waals surface area contributed by atoms with Crippen LogP contribution in [0.2, 0.25) is 0 Å². The normalized spacial score (nSPS) is 23.7. The molecule has 2 aliphatic rings. The zero-order valence-corrected chi connectivity index (χ0v) is 11.2. The Bertz CT molecular complexity index is 583. The second-order valence-corrected chi connectivity index (χ2v) is 5.45. The average Bonchev–Trinajstić information content (AvgIpc) is 2.94. The molecule has 1 fully saturated rings. The molecule has 0 radical (unpaired) electrons. The lowest BCUT2D eigenvalue weighted by atomic mass is 10.1. The van der Waals surface area contributed by atoms with Crippen LogP contribution in [-0.2, 0) is 11.2 Å². The summed E-state index contributed by atoms with van der Waals surface area (Å²) < 4.78 is 5.64. The quantitative estimate of drug-likeness (QED) is 0.658. The highest BCUT2D eigenvalue weighted by atomic mass is 32.2. The standard InChI is InChI=1S/C13H13N3O2S/c1-8-4-10-5-9(2-3-11(10)18-8)6-14-16-13-15-12(17)7-19-13/h2-3,5-6,8H,4,7H2,1H3,(H,15,16,17). The second kappa shape index (κ2) is 5.05. The topological polar surface area (TPSA) is 63.0 Å². The molecule has 2 aliphatic heterocycles. The highest BCUT2D eigenvalue weighted by molar-refractivity contribution is 8.15. The van der Waals surface area contributed by atoms with Gasteiger partial charge in [-0.15, -0.1) is 5.10 Å². The number of hydrogen-bond donors (Lipinski definition) is 1. The highest BCUT2D eigenvalue weighted by Crippen LogP contribution is 2.28. The lowest BCUT2D eigenvalue weighted by molar-refractivity contribution is -0.116. The van der Waals surface area contributed by atoms with Gasteiger partial charge >= 0.3 is 0 Å².